The highest BCUT2D eigenvalue weighted by Crippen LogP contribution is 2.30. The maximum absolute atomic E-state index is 12.3. The average molecular weight is 531 g/mol. The lowest BCUT2D eigenvalue weighted by atomic mass is 10.0. The number of aromatic nitrogens is 2. The molecule has 0 fully saturated rings. The summed E-state index contributed by atoms with van der Waals surface area (Å²) in [5.74, 6) is -0.266. The lowest BCUT2D eigenvalue weighted by molar-refractivity contribution is -0.136. The number of carbonyl (C=O) groups is 1. The van der Waals surface area contributed by atoms with Crippen LogP contribution >= 0.6 is 23.1 Å². The molecule has 0 saturated heterocycles. The van der Waals surface area contributed by atoms with Crippen molar-refractivity contribution in [3.63, 3.8) is 0 Å². The van der Waals surface area contributed by atoms with Gasteiger partial charge in [-0.1, -0.05) is 55.5 Å². The standard InChI is InChI=1S/C24H26N4O4S3/c1-15(2)18-10-5-6-11-20(18)26-21(13-19(25)24(29)32-14-33-3)23-28-27-22(34-23)16-8-7-9-17(12-16)35(4,30)31/h5-13,15H,14,25H2,1-4H3. The molecular formula is C24H26N4O4S3. The van der Waals surface area contributed by atoms with Crippen LogP contribution in [0.25, 0.3) is 10.6 Å². The van der Waals surface area contributed by atoms with E-state index >= 15 is 0 Å². The van der Waals surface area contributed by atoms with Crippen LogP contribution in [0, 0.1) is 0 Å². The van der Waals surface area contributed by atoms with Gasteiger partial charge in [0, 0.05) is 11.8 Å². The van der Waals surface area contributed by atoms with Crippen LogP contribution in [-0.2, 0) is 19.4 Å². The normalized spacial score (nSPS) is 12.7. The van der Waals surface area contributed by atoms with Crippen molar-refractivity contribution in [2.45, 2.75) is 24.7 Å². The summed E-state index contributed by atoms with van der Waals surface area (Å²) in [4.78, 5) is 17.2. The van der Waals surface area contributed by atoms with E-state index in [0.29, 0.717) is 21.3 Å². The van der Waals surface area contributed by atoms with Crippen molar-refractivity contribution < 1.29 is 17.9 Å². The Balaban J connectivity index is 2.09. The molecule has 3 aromatic rings. The number of aliphatic imine (C=N–C) groups is 1. The van der Waals surface area contributed by atoms with Crippen LogP contribution < -0.4 is 5.73 Å². The summed E-state index contributed by atoms with van der Waals surface area (Å²) >= 11 is 2.57. The molecule has 0 aliphatic carbocycles. The molecular weight excluding hydrogens is 504 g/mol. The molecule has 0 aliphatic rings. The number of allylic oxidation sites excluding steroid dienone is 1. The minimum absolute atomic E-state index is 0.115. The Labute approximate surface area is 213 Å². The van der Waals surface area contributed by atoms with Gasteiger partial charge in [0.05, 0.1) is 10.6 Å². The van der Waals surface area contributed by atoms with Crippen molar-refractivity contribution in [1.29, 1.82) is 0 Å². The third kappa shape index (κ3) is 7.00. The van der Waals surface area contributed by atoms with Gasteiger partial charge in [-0.25, -0.2) is 18.2 Å². The maximum atomic E-state index is 12.3. The number of nitrogens with two attached hydrogens (primary N) is 1. The van der Waals surface area contributed by atoms with Crippen LogP contribution in [0.5, 0.6) is 0 Å². The molecule has 8 nitrogen and oxygen atoms in total. The molecule has 2 N–H and O–H groups in total. The topological polar surface area (TPSA) is 125 Å². The predicted octanol–water partition coefficient (Wildman–Crippen LogP) is 4.56. The number of ether oxygens (including phenoxy) is 1. The molecule has 35 heavy (non-hydrogen) atoms. The lowest BCUT2D eigenvalue weighted by Crippen LogP contribution is -2.16. The molecule has 0 bridgehead atoms. The van der Waals surface area contributed by atoms with Gasteiger partial charge in [0.15, 0.2) is 14.8 Å². The summed E-state index contributed by atoms with van der Waals surface area (Å²) in [6.07, 6.45) is 4.39. The van der Waals surface area contributed by atoms with E-state index in [1.165, 1.54) is 35.2 Å². The van der Waals surface area contributed by atoms with E-state index in [9.17, 15) is 13.2 Å². The van der Waals surface area contributed by atoms with Gasteiger partial charge in [-0.3, -0.25) is 0 Å². The van der Waals surface area contributed by atoms with Crippen molar-refractivity contribution in [3.05, 3.63) is 70.9 Å². The molecule has 0 amide bonds. The Morgan fingerprint density at radius 2 is 1.94 bits per heavy atom. The Bertz CT molecular complexity index is 1380. The minimum atomic E-state index is -3.38. The van der Waals surface area contributed by atoms with Gasteiger partial charge in [0.1, 0.15) is 22.4 Å². The van der Waals surface area contributed by atoms with E-state index in [1.54, 1.807) is 18.2 Å². The van der Waals surface area contributed by atoms with E-state index in [-0.39, 0.29) is 22.4 Å². The van der Waals surface area contributed by atoms with E-state index in [4.69, 9.17) is 15.5 Å². The zero-order chi connectivity index (χ0) is 25.6. The van der Waals surface area contributed by atoms with Crippen molar-refractivity contribution >= 4 is 50.3 Å². The van der Waals surface area contributed by atoms with Gasteiger partial charge in [-0.2, -0.15) is 0 Å². The third-order valence-electron chi connectivity index (χ3n) is 4.79. The molecule has 0 unspecified atom stereocenters. The first kappa shape index (κ1) is 26.6. The van der Waals surface area contributed by atoms with Crippen molar-refractivity contribution in [3.8, 4) is 10.6 Å². The predicted molar refractivity (Wildman–Crippen MR) is 142 cm³/mol. The van der Waals surface area contributed by atoms with Crippen LogP contribution in [0.1, 0.15) is 30.3 Å². The fraction of sp³-hybridized carbons (Fsp3) is 0.250. The van der Waals surface area contributed by atoms with Gasteiger partial charge in [-0.05, 0) is 42.0 Å². The maximum Gasteiger partial charge on any atom is 0.355 e. The monoisotopic (exact) mass is 530 g/mol. The largest absolute Gasteiger partial charge is 0.450 e. The molecule has 3 rings (SSSR count). The number of hydrogen-bond acceptors (Lipinski definition) is 10. The highest BCUT2D eigenvalue weighted by atomic mass is 32.2. The zero-order valence-corrected chi connectivity index (χ0v) is 22.2. The fourth-order valence-electron chi connectivity index (χ4n) is 3.05. The van der Waals surface area contributed by atoms with Gasteiger partial charge in [0.2, 0.25) is 0 Å². The summed E-state index contributed by atoms with van der Waals surface area (Å²) in [5.41, 5.74) is 8.60. The highest BCUT2D eigenvalue weighted by Gasteiger charge is 2.17. The van der Waals surface area contributed by atoms with Crippen LogP contribution in [0.15, 0.2) is 70.2 Å². The highest BCUT2D eigenvalue weighted by molar-refractivity contribution is 7.98. The number of thioether (sulfide) groups is 1. The van der Waals surface area contributed by atoms with Gasteiger partial charge >= 0.3 is 5.97 Å². The average Bonchev–Trinajstić information content (AvgIpc) is 3.32. The second kappa shape index (κ2) is 11.6. The van der Waals surface area contributed by atoms with E-state index in [0.717, 1.165) is 17.5 Å². The fourth-order valence-corrected chi connectivity index (χ4v) is 4.75. The Hall–Kier alpha value is -3.02. The molecule has 11 heteroatoms. The van der Waals surface area contributed by atoms with Crippen LogP contribution in [-0.4, -0.2) is 48.7 Å². The van der Waals surface area contributed by atoms with Gasteiger partial charge in [0.25, 0.3) is 0 Å². The van der Waals surface area contributed by atoms with E-state index < -0.39 is 15.8 Å². The smallest absolute Gasteiger partial charge is 0.355 e. The first-order chi connectivity index (χ1) is 16.6. The third-order valence-corrected chi connectivity index (χ3v) is 7.25. The van der Waals surface area contributed by atoms with Gasteiger partial charge in [-0.15, -0.1) is 22.0 Å². The number of benzene rings is 2. The summed E-state index contributed by atoms with van der Waals surface area (Å²) in [6.45, 7) is 4.13. The summed E-state index contributed by atoms with van der Waals surface area (Å²) in [6, 6.07) is 14.2. The SMILES string of the molecule is CSCOC(=O)C(N)=CC(=Nc1ccccc1C(C)C)c1nnc(-c2cccc(S(C)(=O)=O)c2)s1. The summed E-state index contributed by atoms with van der Waals surface area (Å²) in [7, 11) is -3.38. The lowest BCUT2D eigenvalue weighted by Gasteiger charge is -2.10. The van der Waals surface area contributed by atoms with E-state index in [1.807, 2.05) is 30.5 Å². The first-order valence-corrected chi connectivity index (χ1v) is 14.7. The molecule has 184 valence electrons. The number of sulfone groups is 1. The molecule has 2 aromatic carbocycles. The number of carbonyl (C=O) groups excluding carboxylic acids is 1. The quantitative estimate of drug-likeness (QED) is 0.185. The first-order valence-electron chi connectivity index (χ1n) is 10.6. The zero-order valence-electron chi connectivity index (χ0n) is 19.8. The van der Waals surface area contributed by atoms with Crippen molar-refractivity contribution in [2.75, 3.05) is 18.5 Å². The van der Waals surface area contributed by atoms with Crippen LogP contribution in [0.3, 0.4) is 0 Å². The van der Waals surface area contributed by atoms with Gasteiger partial charge < -0.3 is 10.5 Å². The van der Waals surface area contributed by atoms with Crippen molar-refractivity contribution in [2.24, 2.45) is 10.7 Å². The second-order valence-electron chi connectivity index (χ2n) is 7.86. The number of para-hydroxylation sites is 1. The number of nitrogens with zero attached hydrogens (tertiary/aromatic N) is 3. The number of esters is 1. The van der Waals surface area contributed by atoms with E-state index in [2.05, 4.69) is 24.0 Å². The van der Waals surface area contributed by atoms with Crippen molar-refractivity contribution in [1.82, 2.24) is 10.2 Å². The molecule has 1 heterocycles. The number of rotatable bonds is 9. The molecule has 1 aromatic heterocycles. The van der Waals surface area contributed by atoms with Crippen LogP contribution in [0.2, 0.25) is 0 Å². The molecule has 0 aliphatic heterocycles. The Kier molecular flexibility index (Phi) is 8.82. The summed E-state index contributed by atoms with van der Waals surface area (Å²) in [5, 5.41) is 9.42. The minimum Gasteiger partial charge on any atom is -0.450 e. The second-order valence-corrected chi connectivity index (χ2v) is 11.7. The molecule has 0 atom stereocenters. The summed E-state index contributed by atoms with van der Waals surface area (Å²) < 4.78 is 29.0. The Morgan fingerprint density at radius 1 is 1.20 bits per heavy atom. The molecule has 0 radical (unpaired) electrons. The number of hydrogen-bond donors (Lipinski definition) is 1. The molecule has 0 spiro atoms. The van der Waals surface area contributed by atoms with Crippen LogP contribution in [0.4, 0.5) is 5.69 Å². The Morgan fingerprint density at radius 3 is 2.63 bits per heavy atom. The molecule has 0 saturated carbocycles.